The standard InChI is InChI=1S/C22H20ClF2N5O2/c1-10(9-32-2)17-20(25)19(23)18(13-6-26-29-21(13)17)11-3-4-16-27-15(8-30(16)7-11)28-22(31)12-5-14(12)24/h3-4,6-8,10,12,14H,5,9H2,1-2H3,(H,26,29)(H,28,31)/t10-,12?,14?/m0/s1. The first-order valence-electron chi connectivity index (χ1n) is 10.2. The number of rotatable bonds is 6. The number of H-pyrrole nitrogens is 1. The van der Waals surface area contributed by atoms with Gasteiger partial charge in [0.15, 0.2) is 5.82 Å². The summed E-state index contributed by atoms with van der Waals surface area (Å²) < 4.78 is 35.4. The number of benzene rings is 1. The van der Waals surface area contributed by atoms with E-state index in [0.717, 1.165) is 0 Å². The minimum absolute atomic E-state index is 0.00688. The van der Waals surface area contributed by atoms with Gasteiger partial charge in [-0.2, -0.15) is 5.10 Å². The summed E-state index contributed by atoms with van der Waals surface area (Å²) >= 11 is 6.52. The Labute approximate surface area is 186 Å². The monoisotopic (exact) mass is 459 g/mol. The van der Waals surface area contributed by atoms with Gasteiger partial charge in [-0.25, -0.2) is 13.8 Å². The summed E-state index contributed by atoms with van der Waals surface area (Å²) in [4.78, 5) is 16.3. The molecule has 0 spiro atoms. The zero-order chi connectivity index (χ0) is 22.6. The van der Waals surface area contributed by atoms with E-state index in [4.69, 9.17) is 16.3 Å². The smallest absolute Gasteiger partial charge is 0.231 e. The molecule has 0 bridgehead atoms. The highest BCUT2D eigenvalue weighted by Gasteiger charge is 2.43. The predicted octanol–water partition coefficient (Wildman–Crippen LogP) is 4.72. The molecule has 1 fully saturated rings. The maximum atomic E-state index is 15.4. The Hall–Kier alpha value is -3.04. The van der Waals surface area contributed by atoms with E-state index in [1.165, 1.54) is 0 Å². The van der Waals surface area contributed by atoms with Crippen molar-refractivity contribution in [3.05, 3.63) is 47.1 Å². The molecule has 10 heteroatoms. The van der Waals surface area contributed by atoms with Gasteiger partial charge in [-0.05, 0) is 18.6 Å². The molecule has 5 rings (SSSR count). The molecule has 1 saturated carbocycles. The van der Waals surface area contributed by atoms with Gasteiger partial charge < -0.3 is 14.5 Å². The molecule has 0 saturated heterocycles. The lowest BCUT2D eigenvalue weighted by molar-refractivity contribution is -0.117. The number of nitrogens with zero attached hydrogens (tertiary/aromatic N) is 3. The first kappa shape index (κ1) is 20.8. The molecule has 2 N–H and O–H groups in total. The number of halogens is 3. The largest absolute Gasteiger partial charge is 0.384 e. The molecule has 166 valence electrons. The van der Waals surface area contributed by atoms with Crippen LogP contribution in [0.3, 0.4) is 0 Å². The summed E-state index contributed by atoms with van der Waals surface area (Å²) in [5, 5.41) is 10.3. The topological polar surface area (TPSA) is 84.3 Å². The fourth-order valence-corrected chi connectivity index (χ4v) is 4.38. The van der Waals surface area contributed by atoms with E-state index in [9.17, 15) is 9.18 Å². The molecule has 0 aliphatic heterocycles. The quantitative estimate of drug-likeness (QED) is 0.437. The highest BCUT2D eigenvalue weighted by Crippen LogP contribution is 2.41. The van der Waals surface area contributed by atoms with Gasteiger partial charge >= 0.3 is 0 Å². The van der Waals surface area contributed by atoms with Gasteiger partial charge in [-0.3, -0.25) is 9.89 Å². The van der Waals surface area contributed by atoms with Crippen molar-refractivity contribution in [2.45, 2.75) is 25.4 Å². The van der Waals surface area contributed by atoms with Crippen LogP contribution in [0.5, 0.6) is 0 Å². The molecule has 7 nitrogen and oxygen atoms in total. The van der Waals surface area contributed by atoms with Crippen molar-refractivity contribution in [1.82, 2.24) is 19.6 Å². The van der Waals surface area contributed by atoms with E-state index in [2.05, 4.69) is 20.5 Å². The third-order valence-electron chi connectivity index (χ3n) is 5.78. The Morgan fingerprint density at radius 3 is 2.94 bits per heavy atom. The normalized spacial score (nSPS) is 18.9. The molecular formula is C22H20ClF2N5O2. The number of anilines is 1. The number of nitrogens with one attached hydrogen (secondary N) is 2. The number of fused-ring (bicyclic) bond motifs is 2. The molecule has 3 heterocycles. The summed E-state index contributed by atoms with van der Waals surface area (Å²) in [5.41, 5.74) is 2.71. The fourth-order valence-electron chi connectivity index (χ4n) is 4.07. The zero-order valence-corrected chi connectivity index (χ0v) is 18.1. The molecule has 1 amide bonds. The average molecular weight is 460 g/mol. The Morgan fingerprint density at radius 1 is 1.44 bits per heavy atom. The molecule has 32 heavy (non-hydrogen) atoms. The van der Waals surface area contributed by atoms with Crippen molar-refractivity contribution in [2.24, 2.45) is 5.92 Å². The van der Waals surface area contributed by atoms with Crippen LogP contribution in [0.4, 0.5) is 14.6 Å². The number of carbonyl (C=O) groups excluding carboxylic acids is 1. The van der Waals surface area contributed by atoms with E-state index >= 15 is 4.39 Å². The number of hydrogen-bond acceptors (Lipinski definition) is 4. The van der Waals surface area contributed by atoms with Gasteiger partial charge in [0.2, 0.25) is 5.91 Å². The molecular weight excluding hydrogens is 440 g/mol. The Morgan fingerprint density at radius 2 is 2.22 bits per heavy atom. The molecule has 1 aromatic carbocycles. The number of imidazole rings is 1. The molecule has 4 aromatic rings. The van der Waals surface area contributed by atoms with Crippen LogP contribution in [0.15, 0.2) is 30.7 Å². The number of carbonyl (C=O) groups is 1. The number of pyridine rings is 1. The van der Waals surface area contributed by atoms with Crippen molar-refractivity contribution in [3.8, 4) is 11.1 Å². The van der Waals surface area contributed by atoms with Crippen molar-refractivity contribution in [2.75, 3.05) is 19.0 Å². The molecule has 1 aliphatic rings. The molecule has 3 aromatic heterocycles. The van der Waals surface area contributed by atoms with Crippen LogP contribution in [0, 0.1) is 11.7 Å². The summed E-state index contributed by atoms with van der Waals surface area (Å²) in [6.45, 7) is 2.19. The average Bonchev–Trinajstić information content (AvgIpc) is 3.12. The summed E-state index contributed by atoms with van der Waals surface area (Å²) in [6, 6.07) is 3.51. The van der Waals surface area contributed by atoms with Crippen molar-refractivity contribution in [3.63, 3.8) is 0 Å². The second-order valence-corrected chi connectivity index (χ2v) is 8.47. The van der Waals surface area contributed by atoms with Crippen LogP contribution in [-0.4, -0.2) is 45.4 Å². The van der Waals surface area contributed by atoms with Crippen LogP contribution in [0.1, 0.15) is 24.8 Å². The van der Waals surface area contributed by atoms with Crippen LogP contribution < -0.4 is 5.32 Å². The number of aromatic amines is 1. The number of alkyl halides is 1. The molecule has 0 radical (unpaired) electrons. The van der Waals surface area contributed by atoms with Crippen LogP contribution >= 0.6 is 11.6 Å². The van der Waals surface area contributed by atoms with E-state index in [-0.39, 0.29) is 23.3 Å². The Balaban J connectivity index is 1.57. The van der Waals surface area contributed by atoms with E-state index < -0.39 is 17.9 Å². The number of ether oxygens (including phenoxy) is 1. The van der Waals surface area contributed by atoms with Crippen LogP contribution in [0.25, 0.3) is 27.7 Å². The number of hydrogen-bond donors (Lipinski definition) is 2. The second-order valence-electron chi connectivity index (χ2n) is 8.09. The van der Waals surface area contributed by atoms with Gasteiger partial charge in [0.1, 0.15) is 17.6 Å². The van der Waals surface area contributed by atoms with Gasteiger partial charge in [-0.15, -0.1) is 0 Å². The number of amides is 1. The maximum Gasteiger partial charge on any atom is 0.231 e. The zero-order valence-electron chi connectivity index (χ0n) is 17.3. The highest BCUT2D eigenvalue weighted by molar-refractivity contribution is 6.35. The molecule has 2 unspecified atom stereocenters. The Kier molecular flexibility index (Phi) is 5.10. The minimum Gasteiger partial charge on any atom is -0.384 e. The lowest BCUT2D eigenvalue weighted by atomic mass is 9.94. The minimum atomic E-state index is -1.08. The number of methoxy groups -OCH3 is 1. The van der Waals surface area contributed by atoms with Crippen LogP contribution in [-0.2, 0) is 9.53 Å². The predicted molar refractivity (Wildman–Crippen MR) is 117 cm³/mol. The summed E-state index contributed by atoms with van der Waals surface area (Å²) in [6.07, 6.45) is 4.15. The second kappa shape index (κ2) is 7.83. The summed E-state index contributed by atoms with van der Waals surface area (Å²) in [7, 11) is 1.56. The van der Waals surface area contributed by atoms with Crippen molar-refractivity contribution < 1.29 is 18.3 Å². The fraction of sp³-hybridized carbons (Fsp3) is 0.318. The first-order chi connectivity index (χ1) is 15.4. The lowest BCUT2D eigenvalue weighted by Gasteiger charge is -2.17. The SMILES string of the molecule is COC[C@H](C)c1c(F)c(Cl)c(-c2ccc3nc(NC(=O)C4CC4F)cn3c2)c2cn[nH]c12. The molecule has 3 atom stereocenters. The number of aromatic nitrogens is 4. The van der Waals surface area contributed by atoms with Gasteiger partial charge in [0, 0.05) is 41.3 Å². The third kappa shape index (κ3) is 3.41. The van der Waals surface area contributed by atoms with Gasteiger partial charge in [-0.1, -0.05) is 18.5 Å². The highest BCUT2D eigenvalue weighted by atomic mass is 35.5. The van der Waals surface area contributed by atoms with Gasteiger partial charge in [0.05, 0.1) is 35.5 Å². The molecule has 1 aliphatic carbocycles. The van der Waals surface area contributed by atoms with Crippen molar-refractivity contribution in [1.29, 1.82) is 0 Å². The van der Waals surface area contributed by atoms with E-state index in [1.54, 1.807) is 42.2 Å². The van der Waals surface area contributed by atoms with E-state index in [1.807, 2.05) is 6.92 Å². The van der Waals surface area contributed by atoms with Crippen LogP contribution in [0.2, 0.25) is 5.02 Å². The Bertz CT molecular complexity index is 1350. The van der Waals surface area contributed by atoms with E-state index in [0.29, 0.717) is 45.7 Å². The van der Waals surface area contributed by atoms with Crippen molar-refractivity contribution >= 4 is 39.9 Å². The third-order valence-corrected chi connectivity index (χ3v) is 6.13. The summed E-state index contributed by atoms with van der Waals surface area (Å²) in [5.74, 6) is -1.42. The lowest BCUT2D eigenvalue weighted by Crippen LogP contribution is -2.15. The maximum absolute atomic E-state index is 15.4. The van der Waals surface area contributed by atoms with Gasteiger partial charge in [0.25, 0.3) is 0 Å². The first-order valence-corrected chi connectivity index (χ1v) is 10.5.